The van der Waals surface area contributed by atoms with E-state index in [1.807, 2.05) is 0 Å². The highest BCUT2D eigenvalue weighted by molar-refractivity contribution is 4.56. The second-order valence-electron chi connectivity index (χ2n) is 6.32. The molecule has 122 valence electrons. The molecule has 0 saturated carbocycles. The van der Waals surface area contributed by atoms with Gasteiger partial charge in [-0.15, -0.1) is 0 Å². The van der Waals surface area contributed by atoms with Crippen molar-refractivity contribution < 1.29 is 4.74 Å². The first-order valence-corrected chi connectivity index (χ1v) is 9.42. The van der Waals surface area contributed by atoms with Crippen molar-refractivity contribution in [1.82, 2.24) is 0 Å². The van der Waals surface area contributed by atoms with E-state index in [4.69, 9.17) is 4.74 Å². The van der Waals surface area contributed by atoms with Gasteiger partial charge in [-0.05, 0) is 18.8 Å². The highest BCUT2D eigenvalue weighted by Crippen LogP contribution is 2.13. The van der Waals surface area contributed by atoms with E-state index in [-0.39, 0.29) is 0 Å². The van der Waals surface area contributed by atoms with Crippen molar-refractivity contribution in [2.75, 3.05) is 13.2 Å². The lowest BCUT2D eigenvalue weighted by molar-refractivity contribution is 0.0908. The van der Waals surface area contributed by atoms with Crippen molar-refractivity contribution in [3.8, 4) is 0 Å². The standard InChI is InChI=1S/C19H40O/c1-4-7-9-10-11-12-13-14-15-17-20-18-19(6-3)16-8-5-2/h19H,4-18H2,1-3H3. The molecule has 1 unspecified atom stereocenters. The molecule has 0 spiro atoms. The van der Waals surface area contributed by atoms with Crippen molar-refractivity contribution in [3.63, 3.8) is 0 Å². The summed E-state index contributed by atoms with van der Waals surface area (Å²) >= 11 is 0. The van der Waals surface area contributed by atoms with Crippen LogP contribution < -0.4 is 0 Å². The van der Waals surface area contributed by atoms with Crippen LogP contribution in [0.2, 0.25) is 0 Å². The molecule has 20 heavy (non-hydrogen) atoms. The summed E-state index contributed by atoms with van der Waals surface area (Å²) in [4.78, 5) is 0. The molecule has 0 bridgehead atoms. The Kier molecular flexibility index (Phi) is 17.0. The van der Waals surface area contributed by atoms with Gasteiger partial charge < -0.3 is 4.74 Å². The van der Waals surface area contributed by atoms with E-state index < -0.39 is 0 Å². The SMILES string of the molecule is CCCCCCCCCCCOCC(CC)CCCC. The minimum atomic E-state index is 0.800. The summed E-state index contributed by atoms with van der Waals surface area (Å²) < 4.78 is 5.84. The van der Waals surface area contributed by atoms with E-state index in [9.17, 15) is 0 Å². The highest BCUT2D eigenvalue weighted by atomic mass is 16.5. The second-order valence-corrected chi connectivity index (χ2v) is 6.32. The van der Waals surface area contributed by atoms with Crippen LogP contribution in [0.3, 0.4) is 0 Å². The van der Waals surface area contributed by atoms with Gasteiger partial charge in [0.05, 0.1) is 0 Å². The molecule has 0 aromatic rings. The van der Waals surface area contributed by atoms with Crippen molar-refractivity contribution >= 4 is 0 Å². The maximum atomic E-state index is 5.84. The van der Waals surface area contributed by atoms with Gasteiger partial charge in [-0.1, -0.05) is 91.4 Å². The van der Waals surface area contributed by atoms with Crippen LogP contribution in [-0.4, -0.2) is 13.2 Å². The van der Waals surface area contributed by atoms with Gasteiger partial charge in [0, 0.05) is 13.2 Å². The van der Waals surface area contributed by atoms with Gasteiger partial charge in [0.25, 0.3) is 0 Å². The van der Waals surface area contributed by atoms with E-state index in [0.717, 1.165) is 19.1 Å². The van der Waals surface area contributed by atoms with Crippen LogP contribution in [0, 0.1) is 5.92 Å². The first-order valence-electron chi connectivity index (χ1n) is 9.42. The molecule has 0 N–H and O–H groups in total. The molecule has 0 fully saturated rings. The summed E-state index contributed by atoms with van der Waals surface area (Å²) in [6, 6.07) is 0. The van der Waals surface area contributed by atoms with Crippen LogP contribution in [0.5, 0.6) is 0 Å². The van der Waals surface area contributed by atoms with Crippen LogP contribution in [-0.2, 0) is 4.74 Å². The molecule has 0 aliphatic heterocycles. The molecule has 0 saturated heterocycles. The van der Waals surface area contributed by atoms with Crippen LogP contribution >= 0.6 is 0 Å². The van der Waals surface area contributed by atoms with Crippen LogP contribution in [0.4, 0.5) is 0 Å². The van der Waals surface area contributed by atoms with Crippen molar-refractivity contribution in [3.05, 3.63) is 0 Å². The number of rotatable bonds is 16. The summed E-state index contributed by atoms with van der Waals surface area (Å²) in [5, 5.41) is 0. The molecule has 0 aromatic heterocycles. The first-order chi connectivity index (χ1) is 9.85. The van der Waals surface area contributed by atoms with Gasteiger partial charge in [0.15, 0.2) is 0 Å². The van der Waals surface area contributed by atoms with E-state index in [1.165, 1.54) is 83.5 Å². The molecule has 0 heterocycles. The Morgan fingerprint density at radius 2 is 1.20 bits per heavy atom. The molecule has 1 atom stereocenters. The predicted molar refractivity (Wildman–Crippen MR) is 91.4 cm³/mol. The Morgan fingerprint density at radius 1 is 0.650 bits per heavy atom. The van der Waals surface area contributed by atoms with Crippen LogP contribution in [0.15, 0.2) is 0 Å². The van der Waals surface area contributed by atoms with Crippen LogP contribution in [0.25, 0.3) is 0 Å². The van der Waals surface area contributed by atoms with Crippen molar-refractivity contribution in [2.45, 2.75) is 104 Å². The number of ether oxygens (including phenoxy) is 1. The maximum Gasteiger partial charge on any atom is 0.0494 e. The van der Waals surface area contributed by atoms with E-state index in [0.29, 0.717) is 0 Å². The monoisotopic (exact) mass is 284 g/mol. The Balaban J connectivity index is 3.15. The van der Waals surface area contributed by atoms with E-state index in [1.54, 1.807) is 0 Å². The third-order valence-corrected chi connectivity index (χ3v) is 4.29. The fraction of sp³-hybridized carbons (Fsp3) is 1.00. The molecule has 1 nitrogen and oxygen atoms in total. The Bertz CT molecular complexity index is 167. The van der Waals surface area contributed by atoms with E-state index in [2.05, 4.69) is 20.8 Å². The summed E-state index contributed by atoms with van der Waals surface area (Å²) in [7, 11) is 0. The molecular formula is C19H40O. The average Bonchev–Trinajstić information content (AvgIpc) is 2.48. The Hall–Kier alpha value is -0.0400. The quantitative estimate of drug-likeness (QED) is 0.285. The molecule has 0 radical (unpaired) electrons. The molecule has 0 aliphatic rings. The lowest BCUT2D eigenvalue weighted by atomic mass is 10.0. The smallest absolute Gasteiger partial charge is 0.0494 e. The summed E-state index contributed by atoms with van der Waals surface area (Å²) in [6.07, 6.45) is 17.9. The largest absolute Gasteiger partial charge is 0.381 e. The van der Waals surface area contributed by atoms with Gasteiger partial charge in [0.1, 0.15) is 0 Å². The zero-order valence-corrected chi connectivity index (χ0v) is 14.6. The van der Waals surface area contributed by atoms with Gasteiger partial charge in [0.2, 0.25) is 0 Å². The number of hydrogen-bond acceptors (Lipinski definition) is 1. The normalized spacial score (nSPS) is 12.8. The summed E-state index contributed by atoms with van der Waals surface area (Å²) in [6.45, 7) is 8.83. The van der Waals surface area contributed by atoms with E-state index >= 15 is 0 Å². The number of hydrogen-bond donors (Lipinski definition) is 0. The third-order valence-electron chi connectivity index (χ3n) is 4.29. The molecule has 0 rings (SSSR count). The van der Waals surface area contributed by atoms with Crippen LogP contribution in [0.1, 0.15) is 104 Å². The minimum Gasteiger partial charge on any atom is -0.381 e. The zero-order chi connectivity index (χ0) is 14.9. The van der Waals surface area contributed by atoms with Gasteiger partial charge in [-0.25, -0.2) is 0 Å². The zero-order valence-electron chi connectivity index (χ0n) is 14.6. The maximum absolute atomic E-state index is 5.84. The number of unbranched alkanes of at least 4 members (excludes halogenated alkanes) is 9. The third kappa shape index (κ3) is 14.4. The molecule has 0 amide bonds. The molecule has 1 heteroatoms. The molecule has 0 aromatic carbocycles. The fourth-order valence-electron chi connectivity index (χ4n) is 2.66. The Labute approximate surface area is 128 Å². The fourth-order valence-corrected chi connectivity index (χ4v) is 2.66. The lowest BCUT2D eigenvalue weighted by Gasteiger charge is -2.14. The topological polar surface area (TPSA) is 9.23 Å². The van der Waals surface area contributed by atoms with Gasteiger partial charge in [-0.2, -0.15) is 0 Å². The van der Waals surface area contributed by atoms with Crippen molar-refractivity contribution in [2.24, 2.45) is 5.92 Å². The lowest BCUT2D eigenvalue weighted by Crippen LogP contribution is -2.09. The minimum absolute atomic E-state index is 0.800. The summed E-state index contributed by atoms with van der Waals surface area (Å²) in [5.74, 6) is 0.800. The summed E-state index contributed by atoms with van der Waals surface area (Å²) in [5.41, 5.74) is 0. The highest BCUT2D eigenvalue weighted by Gasteiger charge is 2.05. The average molecular weight is 285 g/mol. The van der Waals surface area contributed by atoms with Gasteiger partial charge in [-0.3, -0.25) is 0 Å². The molecular weight excluding hydrogens is 244 g/mol. The first kappa shape index (κ1) is 20.0. The second kappa shape index (κ2) is 17.0. The Morgan fingerprint density at radius 3 is 1.75 bits per heavy atom. The predicted octanol–water partition coefficient (Wildman–Crippen LogP) is 6.75. The van der Waals surface area contributed by atoms with Crippen molar-refractivity contribution in [1.29, 1.82) is 0 Å². The van der Waals surface area contributed by atoms with Gasteiger partial charge >= 0.3 is 0 Å². The molecule has 0 aliphatic carbocycles.